The SMILES string of the molecule is c1ccc(-c2cc(NC3CCCCC3)nc(Nc3ccc4c(c3)OCO4)n2)cc1. The molecule has 3 aromatic rings. The molecule has 0 spiro atoms. The lowest BCUT2D eigenvalue weighted by atomic mass is 9.95. The van der Waals surface area contributed by atoms with Gasteiger partial charge in [0.15, 0.2) is 11.5 Å². The molecule has 0 amide bonds. The summed E-state index contributed by atoms with van der Waals surface area (Å²) in [6, 6.07) is 18.5. The summed E-state index contributed by atoms with van der Waals surface area (Å²) in [5.74, 6) is 2.90. The Balaban J connectivity index is 1.45. The van der Waals surface area contributed by atoms with E-state index in [0.717, 1.165) is 34.3 Å². The van der Waals surface area contributed by atoms with Crippen LogP contribution in [0.15, 0.2) is 54.6 Å². The second-order valence-electron chi connectivity index (χ2n) is 7.50. The number of anilines is 3. The van der Waals surface area contributed by atoms with Crippen molar-refractivity contribution in [3.05, 3.63) is 54.6 Å². The number of hydrogen-bond donors (Lipinski definition) is 2. The standard InChI is InChI=1S/C23H24N4O2/c1-3-7-16(8-4-1)19-14-22(24-17-9-5-2-6-10-17)27-23(26-19)25-18-11-12-20-21(13-18)29-15-28-20/h1,3-4,7-8,11-14,17H,2,5-6,9-10,15H2,(H2,24,25,26,27). The summed E-state index contributed by atoms with van der Waals surface area (Å²) in [4.78, 5) is 9.49. The quantitative estimate of drug-likeness (QED) is 0.613. The molecular weight excluding hydrogens is 364 g/mol. The van der Waals surface area contributed by atoms with Gasteiger partial charge in [0.05, 0.1) is 5.69 Å². The largest absolute Gasteiger partial charge is 0.454 e. The van der Waals surface area contributed by atoms with E-state index in [-0.39, 0.29) is 6.79 Å². The number of aromatic nitrogens is 2. The fraction of sp³-hybridized carbons (Fsp3) is 0.304. The van der Waals surface area contributed by atoms with Crippen molar-refractivity contribution in [2.24, 2.45) is 0 Å². The van der Waals surface area contributed by atoms with Gasteiger partial charge >= 0.3 is 0 Å². The van der Waals surface area contributed by atoms with E-state index in [9.17, 15) is 0 Å². The maximum absolute atomic E-state index is 5.48. The van der Waals surface area contributed by atoms with Crippen molar-refractivity contribution in [1.82, 2.24) is 9.97 Å². The summed E-state index contributed by atoms with van der Waals surface area (Å²) >= 11 is 0. The van der Waals surface area contributed by atoms with Crippen LogP contribution in [0.25, 0.3) is 11.3 Å². The zero-order chi connectivity index (χ0) is 19.5. The summed E-state index contributed by atoms with van der Waals surface area (Å²) < 4.78 is 10.9. The van der Waals surface area contributed by atoms with Crippen LogP contribution >= 0.6 is 0 Å². The Morgan fingerprint density at radius 2 is 1.66 bits per heavy atom. The van der Waals surface area contributed by atoms with E-state index in [0.29, 0.717) is 12.0 Å². The number of nitrogens with zero attached hydrogens (tertiary/aromatic N) is 2. The molecule has 6 heteroatoms. The van der Waals surface area contributed by atoms with E-state index < -0.39 is 0 Å². The summed E-state index contributed by atoms with van der Waals surface area (Å²) in [5, 5.41) is 6.95. The smallest absolute Gasteiger partial charge is 0.231 e. The molecule has 0 bridgehead atoms. The first kappa shape index (κ1) is 17.8. The van der Waals surface area contributed by atoms with Gasteiger partial charge < -0.3 is 20.1 Å². The number of benzene rings is 2. The molecule has 0 saturated heterocycles. The van der Waals surface area contributed by atoms with Crippen LogP contribution in [0.3, 0.4) is 0 Å². The number of ether oxygens (including phenoxy) is 2. The van der Waals surface area contributed by atoms with Crippen LogP contribution < -0.4 is 20.1 Å². The maximum atomic E-state index is 5.48. The van der Waals surface area contributed by atoms with Crippen molar-refractivity contribution >= 4 is 17.5 Å². The van der Waals surface area contributed by atoms with Crippen LogP contribution in [0.1, 0.15) is 32.1 Å². The summed E-state index contributed by atoms with van der Waals surface area (Å²) in [6.45, 7) is 0.258. The zero-order valence-corrected chi connectivity index (χ0v) is 16.2. The summed E-state index contributed by atoms with van der Waals surface area (Å²) in [7, 11) is 0. The first-order chi connectivity index (χ1) is 14.3. The molecule has 1 aromatic heterocycles. The van der Waals surface area contributed by atoms with Gasteiger partial charge in [-0.25, -0.2) is 4.98 Å². The van der Waals surface area contributed by atoms with Gasteiger partial charge in [0.2, 0.25) is 12.7 Å². The third-order valence-corrected chi connectivity index (χ3v) is 5.38. The molecule has 2 aliphatic rings. The molecule has 1 aliphatic heterocycles. The highest BCUT2D eigenvalue weighted by atomic mass is 16.7. The van der Waals surface area contributed by atoms with E-state index in [1.54, 1.807) is 0 Å². The highest BCUT2D eigenvalue weighted by Crippen LogP contribution is 2.35. The Hall–Kier alpha value is -3.28. The molecule has 1 fully saturated rings. The highest BCUT2D eigenvalue weighted by molar-refractivity contribution is 5.67. The first-order valence-corrected chi connectivity index (χ1v) is 10.2. The lowest BCUT2D eigenvalue weighted by Crippen LogP contribution is -2.23. The van der Waals surface area contributed by atoms with Crippen molar-refractivity contribution in [3.63, 3.8) is 0 Å². The third-order valence-electron chi connectivity index (χ3n) is 5.38. The maximum Gasteiger partial charge on any atom is 0.231 e. The predicted molar refractivity (Wildman–Crippen MR) is 114 cm³/mol. The van der Waals surface area contributed by atoms with E-state index >= 15 is 0 Å². The molecule has 2 heterocycles. The number of hydrogen-bond acceptors (Lipinski definition) is 6. The van der Waals surface area contributed by atoms with E-state index in [1.807, 2.05) is 42.5 Å². The average Bonchev–Trinajstić information content (AvgIpc) is 3.23. The Morgan fingerprint density at radius 3 is 2.52 bits per heavy atom. The topological polar surface area (TPSA) is 68.3 Å². The lowest BCUT2D eigenvalue weighted by Gasteiger charge is -2.23. The van der Waals surface area contributed by atoms with Gasteiger partial charge in [-0.05, 0) is 25.0 Å². The van der Waals surface area contributed by atoms with E-state index in [1.165, 1.54) is 32.1 Å². The van der Waals surface area contributed by atoms with Crippen molar-refractivity contribution < 1.29 is 9.47 Å². The monoisotopic (exact) mass is 388 g/mol. The molecule has 2 aromatic carbocycles. The van der Waals surface area contributed by atoms with Gasteiger partial charge in [-0.3, -0.25) is 0 Å². The fourth-order valence-corrected chi connectivity index (χ4v) is 3.89. The molecule has 5 rings (SSSR count). The van der Waals surface area contributed by atoms with E-state index in [4.69, 9.17) is 19.4 Å². The van der Waals surface area contributed by atoms with Crippen LogP contribution in [0.2, 0.25) is 0 Å². The molecular formula is C23H24N4O2. The van der Waals surface area contributed by atoms with Gasteiger partial charge in [0, 0.05) is 29.4 Å². The van der Waals surface area contributed by atoms with Gasteiger partial charge in [-0.15, -0.1) is 0 Å². The first-order valence-electron chi connectivity index (χ1n) is 10.2. The van der Waals surface area contributed by atoms with Crippen LogP contribution in [0.5, 0.6) is 11.5 Å². The molecule has 1 aliphatic carbocycles. The van der Waals surface area contributed by atoms with Crippen molar-refractivity contribution in [3.8, 4) is 22.8 Å². The minimum atomic E-state index is 0.258. The van der Waals surface area contributed by atoms with Crippen molar-refractivity contribution in [2.75, 3.05) is 17.4 Å². The Kier molecular flexibility index (Phi) is 4.90. The minimum Gasteiger partial charge on any atom is -0.454 e. The van der Waals surface area contributed by atoms with Crippen LogP contribution in [0, 0.1) is 0 Å². The average molecular weight is 388 g/mol. The number of nitrogens with one attached hydrogen (secondary N) is 2. The Bertz CT molecular complexity index is 987. The Labute approximate surface area is 170 Å². The molecule has 2 N–H and O–H groups in total. The second kappa shape index (κ2) is 7.99. The molecule has 1 saturated carbocycles. The zero-order valence-electron chi connectivity index (χ0n) is 16.2. The molecule has 6 nitrogen and oxygen atoms in total. The van der Waals surface area contributed by atoms with Gasteiger partial charge in [-0.2, -0.15) is 4.98 Å². The van der Waals surface area contributed by atoms with Gasteiger partial charge in [-0.1, -0.05) is 49.6 Å². The van der Waals surface area contributed by atoms with Gasteiger partial charge in [0.25, 0.3) is 0 Å². The van der Waals surface area contributed by atoms with Crippen LogP contribution in [-0.4, -0.2) is 22.8 Å². The highest BCUT2D eigenvalue weighted by Gasteiger charge is 2.16. The third kappa shape index (κ3) is 4.11. The summed E-state index contributed by atoms with van der Waals surface area (Å²) in [6.07, 6.45) is 6.26. The molecule has 0 radical (unpaired) electrons. The van der Waals surface area contributed by atoms with Crippen LogP contribution in [-0.2, 0) is 0 Å². The normalized spacial score (nSPS) is 15.9. The minimum absolute atomic E-state index is 0.258. The van der Waals surface area contributed by atoms with Crippen LogP contribution in [0.4, 0.5) is 17.5 Å². The predicted octanol–water partition coefficient (Wildman–Crippen LogP) is 5.36. The molecule has 148 valence electrons. The van der Waals surface area contributed by atoms with E-state index in [2.05, 4.69) is 22.8 Å². The fourth-order valence-electron chi connectivity index (χ4n) is 3.89. The molecule has 29 heavy (non-hydrogen) atoms. The second-order valence-corrected chi connectivity index (χ2v) is 7.50. The number of rotatable bonds is 5. The molecule has 0 unspecified atom stereocenters. The lowest BCUT2D eigenvalue weighted by molar-refractivity contribution is 0.174. The Morgan fingerprint density at radius 1 is 0.828 bits per heavy atom. The molecule has 0 atom stereocenters. The summed E-state index contributed by atoms with van der Waals surface area (Å²) in [5.41, 5.74) is 2.82. The van der Waals surface area contributed by atoms with Gasteiger partial charge in [0.1, 0.15) is 5.82 Å². The van der Waals surface area contributed by atoms with Crippen molar-refractivity contribution in [1.29, 1.82) is 0 Å². The van der Waals surface area contributed by atoms with Crippen molar-refractivity contribution in [2.45, 2.75) is 38.1 Å². The number of fused-ring (bicyclic) bond motifs is 1.